The van der Waals surface area contributed by atoms with Crippen molar-refractivity contribution in [3.8, 4) is 0 Å². The van der Waals surface area contributed by atoms with Crippen LogP contribution in [0.1, 0.15) is 29.6 Å². The molecular formula is C15H17N3O3. The van der Waals surface area contributed by atoms with Gasteiger partial charge in [-0.2, -0.15) is 5.10 Å². The average Bonchev–Trinajstić information content (AvgIpc) is 2.90. The van der Waals surface area contributed by atoms with Crippen LogP contribution in [0.15, 0.2) is 30.6 Å². The Morgan fingerprint density at radius 3 is 3.05 bits per heavy atom. The van der Waals surface area contributed by atoms with Crippen molar-refractivity contribution >= 4 is 17.4 Å². The number of rotatable bonds is 3. The molecule has 1 atom stereocenters. The molecule has 2 aromatic heterocycles. The van der Waals surface area contributed by atoms with E-state index in [1.165, 1.54) is 0 Å². The Kier molecular flexibility index (Phi) is 3.60. The van der Waals surface area contributed by atoms with E-state index in [0.717, 1.165) is 18.4 Å². The molecule has 0 aromatic carbocycles. The first-order valence-electron chi connectivity index (χ1n) is 7.08. The number of carbonyl (C=O) groups is 2. The van der Waals surface area contributed by atoms with Crippen molar-refractivity contribution in [2.75, 3.05) is 13.1 Å². The monoisotopic (exact) mass is 287 g/mol. The van der Waals surface area contributed by atoms with Crippen molar-refractivity contribution in [3.05, 3.63) is 36.2 Å². The van der Waals surface area contributed by atoms with E-state index in [1.807, 2.05) is 18.2 Å². The van der Waals surface area contributed by atoms with Gasteiger partial charge in [0.15, 0.2) is 0 Å². The van der Waals surface area contributed by atoms with E-state index >= 15 is 0 Å². The number of aromatic nitrogens is 2. The van der Waals surface area contributed by atoms with Crippen molar-refractivity contribution < 1.29 is 14.7 Å². The molecule has 1 saturated heterocycles. The van der Waals surface area contributed by atoms with E-state index in [1.54, 1.807) is 21.8 Å². The Hall–Kier alpha value is -2.37. The van der Waals surface area contributed by atoms with Gasteiger partial charge >= 0.3 is 5.97 Å². The lowest BCUT2D eigenvalue weighted by Crippen LogP contribution is -2.40. The predicted molar refractivity (Wildman–Crippen MR) is 76.1 cm³/mol. The zero-order chi connectivity index (χ0) is 14.8. The molecule has 1 amide bonds. The molecule has 1 N–H and O–H groups in total. The van der Waals surface area contributed by atoms with Crippen LogP contribution >= 0.6 is 0 Å². The fourth-order valence-corrected chi connectivity index (χ4v) is 2.93. The Morgan fingerprint density at radius 1 is 1.38 bits per heavy atom. The minimum atomic E-state index is -0.801. The molecule has 0 aliphatic carbocycles. The van der Waals surface area contributed by atoms with Gasteiger partial charge in [0.2, 0.25) is 0 Å². The van der Waals surface area contributed by atoms with Crippen LogP contribution in [0, 0.1) is 5.92 Å². The molecule has 1 fully saturated rings. The van der Waals surface area contributed by atoms with Crippen LogP contribution in [0.25, 0.3) is 5.52 Å². The number of aliphatic carboxylic acids is 1. The van der Waals surface area contributed by atoms with E-state index in [2.05, 4.69) is 5.10 Å². The Morgan fingerprint density at radius 2 is 2.24 bits per heavy atom. The highest BCUT2D eigenvalue weighted by Crippen LogP contribution is 2.22. The molecule has 2 aromatic rings. The Bertz CT molecular complexity index is 680. The summed E-state index contributed by atoms with van der Waals surface area (Å²) in [6, 6.07) is 5.59. The minimum Gasteiger partial charge on any atom is -0.481 e. The van der Waals surface area contributed by atoms with Crippen molar-refractivity contribution in [1.29, 1.82) is 0 Å². The SMILES string of the molecule is O=C(O)CC1CCCN(C(=O)c2cnn3ccccc23)C1. The molecule has 6 nitrogen and oxygen atoms in total. The Labute approximate surface area is 122 Å². The van der Waals surface area contributed by atoms with Gasteiger partial charge in [-0.1, -0.05) is 6.07 Å². The minimum absolute atomic E-state index is 0.0436. The van der Waals surface area contributed by atoms with Gasteiger partial charge in [-0.15, -0.1) is 0 Å². The smallest absolute Gasteiger partial charge is 0.303 e. The first-order chi connectivity index (χ1) is 10.1. The molecular weight excluding hydrogens is 270 g/mol. The third kappa shape index (κ3) is 2.74. The second kappa shape index (κ2) is 5.55. The van der Waals surface area contributed by atoms with Crippen LogP contribution < -0.4 is 0 Å². The van der Waals surface area contributed by atoms with Crippen molar-refractivity contribution in [2.45, 2.75) is 19.3 Å². The molecule has 6 heteroatoms. The summed E-state index contributed by atoms with van der Waals surface area (Å²) in [7, 11) is 0. The maximum absolute atomic E-state index is 12.6. The van der Waals surface area contributed by atoms with Gasteiger partial charge in [0.1, 0.15) is 0 Å². The molecule has 1 aliphatic heterocycles. The highest BCUT2D eigenvalue weighted by atomic mass is 16.4. The molecule has 21 heavy (non-hydrogen) atoms. The Balaban J connectivity index is 1.80. The summed E-state index contributed by atoms with van der Waals surface area (Å²) < 4.78 is 1.67. The fourth-order valence-electron chi connectivity index (χ4n) is 2.93. The lowest BCUT2D eigenvalue weighted by Gasteiger charge is -2.31. The highest BCUT2D eigenvalue weighted by Gasteiger charge is 2.27. The number of carboxylic acids is 1. The first kappa shape index (κ1) is 13.6. The molecule has 110 valence electrons. The normalized spacial score (nSPS) is 18.9. The number of carboxylic acid groups (broad SMARTS) is 1. The number of pyridine rings is 1. The zero-order valence-electron chi connectivity index (χ0n) is 11.6. The van der Waals surface area contributed by atoms with Crippen LogP contribution in [-0.2, 0) is 4.79 Å². The second-order valence-electron chi connectivity index (χ2n) is 5.45. The van der Waals surface area contributed by atoms with Crippen molar-refractivity contribution in [2.24, 2.45) is 5.92 Å². The van der Waals surface area contributed by atoms with Crippen LogP contribution in [0.3, 0.4) is 0 Å². The van der Waals surface area contributed by atoms with Crippen molar-refractivity contribution in [1.82, 2.24) is 14.5 Å². The molecule has 1 aliphatic rings. The molecule has 0 radical (unpaired) electrons. The van der Waals surface area contributed by atoms with Crippen LogP contribution in [0.5, 0.6) is 0 Å². The third-order valence-electron chi connectivity index (χ3n) is 3.93. The summed E-state index contributed by atoms with van der Waals surface area (Å²) in [5.74, 6) is -0.821. The topological polar surface area (TPSA) is 74.9 Å². The van der Waals surface area contributed by atoms with Crippen molar-refractivity contribution in [3.63, 3.8) is 0 Å². The summed E-state index contributed by atoms with van der Waals surface area (Å²) in [6.07, 6.45) is 5.22. The van der Waals surface area contributed by atoms with Crippen LogP contribution in [0.4, 0.5) is 0 Å². The first-order valence-corrected chi connectivity index (χ1v) is 7.08. The number of piperidine rings is 1. The summed E-state index contributed by atoms with van der Waals surface area (Å²) in [5.41, 5.74) is 1.36. The second-order valence-corrected chi connectivity index (χ2v) is 5.45. The van der Waals surface area contributed by atoms with E-state index in [9.17, 15) is 9.59 Å². The van der Waals surface area contributed by atoms with Crippen LogP contribution in [-0.4, -0.2) is 44.6 Å². The summed E-state index contributed by atoms with van der Waals surface area (Å²) in [4.78, 5) is 25.2. The number of hydrogen-bond acceptors (Lipinski definition) is 3. The van der Waals surface area contributed by atoms with Crippen LogP contribution in [0.2, 0.25) is 0 Å². The van der Waals surface area contributed by atoms with E-state index < -0.39 is 5.97 Å². The molecule has 0 saturated carbocycles. The quantitative estimate of drug-likeness (QED) is 0.931. The number of nitrogens with zero attached hydrogens (tertiary/aromatic N) is 3. The molecule has 0 spiro atoms. The maximum Gasteiger partial charge on any atom is 0.303 e. The van der Waals surface area contributed by atoms with E-state index in [4.69, 9.17) is 5.11 Å². The number of hydrogen-bond donors (Lipinski definition) is 1. The lowest BCUT2D eigenvalue weighted by atomic mass is 9.94. The maximum atomic E-state index is 12.6. The van der Waals surface area contributed by atoms with Gasteiger partial charge in [-0.3, -0.25) is 9.59 Å². The predicted octanol–water partition coefficient (Wildman–Crippen LogP) is 1.66. The zero-order valence-corrected chi connectivity index (χ0v) is 11.6. The fraction of sp³-hybridized carbons (Fsp3) is 0.400. The van der Waals surface area contributed by atoms with Gasteiger partial charge in [0, 0.05) is 25.7 Å². The van der Waals surface area contributed by atoms with E-state index in [-0.39, 0.29) is 18.2 Å². The van der Waals surface area contributed by atoms with Gasteiger partial charge in [0.25, 0.3) is 5.91 Å². The number of fused-ring (bicyclic) bond motifs is 1. The highest BCUT2D eigenvalue weighted by molar-refractivity contribution is 6.00. The van der Waals surface area contributed by atoms with Gasteiger partial charge in [0.05, 0.1) is 17.3 Å². The molecule has 1 unspecified atom stereocenters. The van der Waals surface area contributed by atoms with Gasteiger partial charge in [-0.25, -0.2) is 4.52 Å². The lowest BCUT2D eigenvalue weighted by molar-refractivity contribution is -0.138. The summed E-state index contributed by atoms with van der Waals surface area (Å²) in [6.45, 7) is 1.19. The largest absolute Gasteiger partial charge is 0.481 e. The molecule has 3 heterocycles. The third-order valence-corrected chi connectivity index (χ3v) is 3.93. The molecule has 0 bridgehead atoms. The summed E-state index contributed by atoms with van der Waals surface area (Å²) in [5, 5.41) is 13.1. The number of carbonyl (C=O) groups excluding carboxylic acids is 1. The van der Waals surface area contributed by atoms with Gasteiger partial charge < -0.3 is 10.0 Å². The number of amides is 1. The molecule has 3 rings (SSSR count). The van der Waals surface area contributed by atoms with Gasteiger partial charge in [-0.05, 0) is 30.9 Å². The standard InChI is InChI=1S/C15H17N3O3/c19-14(20)8-11-4-3-6-17(10-11)15(21)12-9-16-18-7-2-1-5-13(12)18/h1-2,5,7,9,11H,3-4,6,8,10H2,(H,19,20). The van der Waals surface area contributed by atoms with E-state index in [0.29, 0.717) is 18.7 Å². The summed E-state index contributed by atoms with van der Waals surface area (Å²) >= 11 is 0. The average molecular weight is 287 g/mol. The number of likely N-dealkylation sites (tertiary alicyclic amines) is 1.